The number of hydrogen-bond donors (Lipinski definition) is 2. The minimum atomic E-state index is -0.502. The molecule has 0 fully saturated rings. The van der Waals surface area contributed by atoms with Crippen LogP contribution in [0.4, 0.5) is 16.2 Å². The van der Waals surface area contributed by atoms with Gasteiger partial charge in [0.15, 0.2) is 11.6 Å². The first-order chi connectivity index (χ1) is 8.70. The van der Waals surface area contributed by atoms with Crippen molar-refractivity contribution in [2.75, 3.05) is 11.1 Å². The first-order valence-corrected chi connectivity index (χ1v) is 5.79. The Kier molecular flexibility index (Phi) is 3.72. The second-order valence-electron chi connectivity index (χ2n) is 3.90. The summed E-state index contributed by atoms with van der Waals surface area (Å²) >= 11 is 0. The van der Waals surface area contributed by atoms with E-state index in [0.29, 0.717) is 6.54 Å². The summed E-state index contributed by atoms with van der Waals surface area (Å²) in [5, 5.41) is 2.94. The molecular formula is C13H15FN4. The molecule has 2 aromatic rings. The number of benzene rings is 1. The molecule has 0 aliphatic rings. The second-order valence-corrected chi connectivity index (χ2v) is 3.90. The number of nitrogens with one attached hydrogen (secondary N) is 1. The highest BCUT2D eigenvalue weighted by atomic mass is 19.1. The minimum absolute atomic E-state index is 0.0580. The average molecular weight is 246 g/mol. The zero-order valence-electron chi connectivity index (χ0n) is 10.2. The monoisotopic (exact) mass is 246 g/mol. The maximum atomic E-state index is 13.4. The van der Waals surface area contributed by atoms with Gasteiger partial charge in [0, 0.05) is 6.54 Å². The summed E-state index contributed by atoms with van der Waals surface area (Å²) in [6, 6.07) is 8.02. The van der Waals surface area contributed by atoms with Gasteiger partial charge in [-0.25, -0.2) is 9.37 Å². The molecule has 4 nitrogen and oxygen atoms in total. The van der Waals surface area contributed by atoms with Crippen molar-refractivity contribution in [3.63, 3.8) is 0 Å². The Balaban J connectivity index is 2.14. The lowest BCUT2D eigenvalue weighted by molar-refractivity contribution is 0.617. The number of aromatic nitrogens is 2. The smallest absolute Gasteiger partial charge is 0.222 e. The van der Waals surface area contributed by atoms with Gasteiger partial charge < -0.3 is 11.1 Å². The molecule has 0 aliphatic heterocycles. The lowest BCUT2D eigenvalue weighted by Gasteiger charge is -2.10. The Labute approximate surface area is 105 Å². The van der Waals surface area contributed by atoms with Gasteiger partial charge in [0.25, 0.3) is 0 Å². The summed E-state index contributed by atoms with van der Waals surface area (Å²) < 4.78 is 13.4. The molecule has 1 aromatic carbocycles. The molecule has 3 N–H and O–H groups in total. The van der Waals surface area contributed by atoms with Gasteiger partial charge in [-0.1, -0.05) is 31.2 Å². The first-order valence-electron chi connectivity index (χ1n) is 5.79. The number of hydrogen-bond acceptors (Lipinski definition) is 4. The van der Waals surface area contributed by atoms with Crippen LogP contribution in [0.15, 0.2) is 30.5 Å². The number of nitrogen functional groups attached to an aromatic ring is 1. The van der Waals surface area contributed by atoms with E-state index in [1.54, 1.807) is 0 Å². The number of nitrogens with two attached hydrogens (primary N) is 1. The van der Waals surface area contributed by atoms with Crippen LogP contribution in [0.2, 0.25) is 0 Å². The van der Waals surface area contributed by atoms with Gasteiger partial charge in [-0.2, -0.15) is 4.98 Å². The molecule has 0 radical (unpaired) electrons. The Hall–Kier alpha value is -2.17. The Bertz CT molecular complexity index is 542. The molecule has 2 rings (SSSR count). The minimum Gasteiger partial charge on any atom is -0.368 e. The quantitative estimate of drug-likeness (QED) is 0.869. The molecular weight excluding hydrogens is 231 g/mol. The van der Waals surface area contributed by atoms with Crippen molar-refractivity contribution in [3.05, 3.63) is 47.4 Å². The number of halogens is 1. The van der Waals surface area contributed by atoms with Crippen molar-refractivity contribution in [2.24, 2.45) is 0 Å². The summed E-state index contributed by atoms with van der Waals surface area (Å²) in [7, 11) is 0. The Morgan fingerprint density at radius 1 is 1.28 bits per heavy atom. The van der Waals surface area contributed by atoms with Crippen LogP contribution < -0.4 is 11.1 Å². The molecule has 0 saturated carbocycles. The number of aryl methyl sites for hydroxylation is 1. The van der Waals surface area contributed by atoms with Crippen LogP contribution in [-0.2, 0) is 13.0 Å². The van der Waals surface area contributed by atoms with E-state index in [2.05, 4.69) is 28.3 Å². The van der Waals surface area contributed by atoms with Crippen LogP contribution in [0.5, 0.6) is 0 Å². The SMILES string of the molecule is CCc1ccccc1CNc1nc(N)ncc1F. The average Bonchev–Trinajstić information content (AvgIpc) is 2.40. The third-order valence-corrected chi connectivity index (χ3v) is 2.71. The van der Waals surface area contributed by atoms with Crippen LogP contribution in [0, 0.1) is 5.82 Å². The lowest BCUT2D eigenvalue weighted by Crippen LogP contribution is -2.07. The third kappa shape index (κ3) is 2.74. The highest BCUT2D eigenvalue weighted by molar-refractivity contribution is 5.41. The van der Waals surface area contributed by atoms with Crippen molar-refractivity contribution in [3.8, 4) is 0 Å². The largest absolute Gasteiger partial charge is 0.368 e. The van der Waals surface area contributed by atoms with Crippen molar-refractivity contribution in [1.29, 1.82) is 0 Å². The molecule has 0 saturated heterocycles. The van der Waals surface area contributed by atoms with Crippen molar-refractivity contribution >= 4 is 11.8 Å². The van der Waals surface area contributed by atoms with E-state index in [4.69, 9.17) is 5.73 Å². The van der Waals surface area contributed by atoms with Gasteiger partial charge in [-0.05, 0) is 17.5 Å². The molecule has 0 aliphatic carbocycles. The molecule has 0 atom stereocenters. The van der Waals surface area contributed by atoms with E-state index in [1.807, 2.05) is 18.2 Å². The van der Waals surface area contributed by atoms with E-state index in [9.17, 15) is 4.39 Å². The highest BCUT2D eigenvalue weighted by Crippen LogP contribution is 2.14. The lowest BCUT2D eigenvalue weighted by atomic mass is 10.1. The molecule has 0 spiro atoms. The molecule has 0 bridgehead atoms. The maximum Gasteiger partial charge on any atom is 0.222 e. The van der Waals surface area contributed by atoms with Gasteiger partial charge in [-0.15, -0.1) is 0 Å². The topological polar surface area (TPSA) is 63.8 Å². The summed E-state index contributed by atoms with van der Waals surface area (Å²) in [5.41, 5.74) is 7.77. The highest BCUT2D eigenvalue weighted by Gasteiger charge is 2.06. The molecule has 0 unspecified atom stereocenters. The van der Waals surface area contributed by atoms with Crippen LogP contribution >= 0.6 is 0 Å². The fourth-order valence-electron chi connectivity index (χ4n) is 1.76. The molecule has 5 heteroatoms. The molecule has 18 heavy (non-hydrogen) atoms. The molecule has 0 amide bonds. The standard InChI is InChI=1S/C13H15FN4/c1-2-9-5-3-4-6-10(9)7-16-12-11(14)8-17-13(15)18-12/h3-6,8H,2,7H2,1H3,(H3,15,16,17,18). The zero-order chi connectivity index (χ0) is 13.0. The first kappa shape index (κ1) is 12.3. The van der Waals surface area contributed by atoms with Crippen molar-refractivity contribution in [1.82, 2.24) is 9.97 Å². The Morgan fingerprint density at radius 2 is 2.00 bits per heavy atom. The second kappa shape index (κ2) is 5.44. The Morgan fingerprint density at radius 3 is 2.72 bits per heavy atom. The number of anilines is 2. The van der Waals surface area contributed by atoms with Crippen LogP contribution in [0.1, 0.15) is 18.1 Å². The maximum absolute atomic E-state index is 13.4. The summed E-state index contributed by atoms with van der Waals surface area (Å²) in [6.45, 7) is 2.60. The van der Waals surface area contributed by atoms with Gasteiger partial charge in [0.2, 0.25) is 5.95 Å². The fourth-order valence-corrected chi connectivity index (χ4v) is 1.76. The predicted octanol–water partition coefficient (Wildman–Crippen LogP) is 2.37. The molecule has 94 valence electrons. The van der Waals surface area contributed by atoms with Crippen molar-refractivity contribution < 1.29 is 4.39 Å². The van der Waals surface area contributed by atoms with E-state index in [-0.39, 0.29) is 11.8 Å². The van der Waals surface area contributed by atoms with E-state index in [0.717, 1.165) is 18.2 Å². The van der Waals surface area contributed by atoms with E-state index in [1.165, 1.54) is 5.56 Å². The molecule has 1 aromatic heterocycles. The predicted molar refractivity (Wildman–Crippen MR) is 69.5 cm³/mol. The van der Waals surface area contributed by atoms with Gasteiger partial charge in [0.1, 0.15) is 0 Å². The normalized spacial score (nSPS) is 10.3. The van der Waals surface area contributed by atoms with Crippen LogP contribution in [0.3, 0.4) is 0 Å². The summed E-state index contributed by atoms with van der Waals surface area (Å²) in [6.07, 6.45) is 2.00. The summed E-state index contributed by atoms with van der Waals surface area (Å²) in [5.74, 6) is -0.311. The summed E-state index contributed by atoms with van der Waals surface area (Å²) in [4.78, 5) is 7.40. The zero-order valence-corrected chi connectivity index (χ0v) is 10.2. The van der Waals surface area contributed by atoms with Crippen LogP contribution in [0.25, 0.3) is 0 Å². The van der Waals surface area contributed by atoms with Gasteiger partial charge in [0.05, 0.1) is 6.20 Å². The van der Waals surface area contributed by atoms with Gasteiger partial charge >= 0.3 is 0 Å². The fraction of sp³-hybridized carbons (Fsp3) is 0.231. The number of nitrogens with zero attached hydrogens (tertiary/aromatic N) is 2. The third-order valence-electron chi connectivity index (χ3n) is 2.71. The van der Waals surface area contributed by atoms with E-state index >= 15 is 0 Å². The van der Waals surface area contributed by atoms with E-state index < -0.39 is 5.82 Å². The van der Waals surface area contributed by atoms with Gasteiger partial charge in [-0.3, -0.25) is 0 Å². The van der Waals surface area contributed by atoms with Crippen LogP contribution in [-0.4, -0.2) is 9.97 Å². The van der Waals surface area contributed by atoms with Crippen molar-refractivity contribution in [2.45, 2.75) is 19.9 Å². The molecule has 1 heterocycles. The number of rotatable bonds is 4.